The van der Waals surface area contributed by atoms with E-state index in [2.05, 4.69) is 47.8 Å². The van der Waals surface area contributed by atoms with Crippen molar-refractivity contribution >= 4 is 59.1 Å². The fourth-order valence-corrected chi connectivity index (χ4v) is 5.60. The molecule has 20 heavy (non-hydrogen) atoms. The fourth-order valence-electron chi connectivity index (χ4n) is 1.73. The van der Waals surface area contributed by atoms with Crippen molar-refractivity contribution in [2.75, 3.05) is 0 Å². The highest BCUT2D eigenvalue weighted by molar-refractivity contribution is 9.11. The van der Waals surface area contributed by atoms with Gasteiger partial charge in [-0.05, 0) is 52.7 Å². The third-order valence-corrected chi connectivity index (χ3v) is 6.67. The van der Waals surface area contributed by atoms with Crippen LogP contribution in [0.25, 0.3) is 0 Å². The predicted octanol–water partition coefficient (Wildman–Crippen LogP) is 7.08. The van der Waals surface area contributed by atoms with E-state index < -0.39 is 11.7 Å². The van der Waals surface area contributed by atoms with E-state index >= 15 is 0 Å². The number of rotatable bonds is 2. The zero-order chi connectivity index (χ0) is 15.1. The van der Waals surface area contributed by atoms with Crippen LogP contribution in [0.3, 0.4) is 0 Å². The molecule has 0 amide bonds. The van der Waals surface area contributed by atoms with E-state index in [1.807, 2.05) is 13.0 Å². The number of hydrogen-bond donors (Lipinski definition) is 0. The van der Waals surface area contributed by atoms with Crippen LogP contribution in [0.4, 0.5) is 13.2 Å². The molecule has 1 aromatic heterocycles. The molecule has 0 aliphatic carbocycles. The number of benzene rings is 1. The summed E-state index contributed by atoms with van der Waals surface area (Å²) in [5.41, 5.74) is -0.0908. The average Bonchev–Trinajstić information content (AvgIpc) is 2.66. The molecule has 1 atom stereocenters. The third-order valence-electron chi connectivity index (χ3n) is 2.66. The summed E-state index contributed by atoms with van der Waals surface area (Å²) >= 11 is 11.8. The van der Waals surface area contributed by atoms with Crippen LogP contribution in [0.1, 0.15) is 25.7 Å². The Kier molecular flexibility index (Phi) is 5.04. The topological polar surface area (TPSA) is 0 Å². The number of alkyl halides is 4. The lowest BCUT2D eigenvalue weighted by atomic mass is 10.1. The Morgan fingerprint density at radius 1 is 1.10 bits per heavy atom. The predicted molar refractivity (Wildman–Crippen MR) is 86.7 cm³/mol. The summed E-state index contributed by atoms with van der Waals surface area (Å²) in [5, 5.41) is 0. The van der Waals surface area contributed by atoms with Gasteiger partial charge in [-0.15, -0.1) is 11.3 Å². The monoisotopic (exact) mass is 490 g/mol. The summed E-state index contributed by atoms with van der Waals surface area (Å²) in [6.07, 6.45) is -4.34. The van der Waals surface area contributed by atoms with Gasteiger partial charge in [-0.25, -0.2) is 0 Å². The van der Waals surface area contributed by atoms with Gasteiger partial charge in [0.2, 0.25) is 0 Å². The largest absolute Gasteiger partial charge is 0.416 e. The molecule has 0 saturated carbocycles. The molecule has 0 aliphatic heterocycles. The van der Waals surface area contributed by atoms with Crippen molar-refractivity contribution in [1.29, 1.82) is 0 Å². The molecule has 0 aliphatic rings. The van der Waals surface area contributed by atoms with Crippen molar-refractivity contribution in [3.8, 4) is 0 Å². The maximum Gasteiger partial charge on any atom is 0.416 e. The van der Waals surface area contributed by atoms with E-state index in [-0.39, 0.29) is 4.83 Å². The molecule has 108 valence electrons. The van der Waals surface area contributed by atoms with Gasteiger partial charge in [0, 0.05) is 18.7 Å². The Bertz CT molecular complexity index is 634. The first kappa shape index (κ1) is 16.5. The summed E-state index contributed by atoms with van der Waals surface area (Å²) in [4.78, 5) is 1.74. The molecule has 0 radical (unpaired) electrons. The Morgan fingerprint density at radius 2 is 1.75 bits per heavy atom. The summed E-state index contributed by atoms with van der Waals surface area (Å²) in [7, 11) is 0. The van der Waals surface area contributed by atoms with Crippen LogP contribution in [0.2, 0.25) is 0 Å². The van der Waals surface area contributed by atoms with Gasteiger partial charge in [-0.1, -0.05) is 31.9 Å². The molecule has 0 spiro atoms. The van der Waals surface area contributed by atoms with Crippen molar-refractivity contribution in [3.63, 3.8) is 0 Å². The normalized spacial score (nSPS) is 13.6. The van der Waals surface area contributed by atoms with Gasteiger partial charge in [-0.3, -0.25) is 0 Å². The smallest absolute Gasteiger partial charge is 0.166 e. The number of halogens is 6. The van der Waals surface area contributed by atoms with Crippen LogP contribution in [0.15, 0.2) is 33.2 Å². The molecule has 0 N–H and O–H groups in total. The minimum absolute atomic E-state index is 0.299. The maximum atomic E-state index is 12.8. The lowest BCUT2D eigenvalue weighted by Crippen LogP contribution is -2.06. The van der Waals surface area contributed by atoms with Crippen LogP contribution in [0, 0.1) is 6.92 Å². The molecule has 2 rings (SSSR count). The lowest BCUT2D eigenvalue weighted by molar-refractivity contribution is -0.137. The molecular weight excluding hydrogens is 485 g/mol. The van der Waals surface area contributed by atoms with Crippen LogP contribution in [0.5, 0.6) is 0 Å². The molecule has 0 fully saturated rings. The van der Waals surface area contributed by atoms with Gasteiger partial charge in [0.25, 0.3) is 0 Å². The third kappa shape index (κ3) is 3.48. The van der Waals surface area contributed by atoms with E-state index in [1.54, 1.807) is 11.3 Å². The Balaban J connectivity index is 2.49. The Hall–Kier alpha value is 0.150. The van der Waals surface area contributed by atoms with Crippen molar-refractivity contribution in [1.82, 2.24) is 0 Å². The first-order chi connectivity index (χ1) is 9.20. The molecule has 1 aromatic carbocycles. The molecule has 2 aromatic rings. The molecule has 0 nitrogen and oxygen atoms in total. The van der Waals surface area contributed by atoms with Crippen LogP contribution >= 0.6 is 59.1 Å². The zero-order valence-electron chi connectivity index (χ0n) is 10.1. The first-order valence-electron chi connectivity index (χ1n) is 5.46. The highest BCUT2D eigenvalue weighted by Crippen LogP contribution is 2.44. The van der Waals surface area contributed by atoms with E-state index in [9.17, 15) is 13.2 Å². The second kappa shape index (κ2) is 6.10. The number of aryl methyl sites for hydroxylation is 1. The van der Waals surface area contributed by atoms with E-state index in [0.717, 1.165) is 20.3 Å². The van der Waals surface area contributed by atoms with E-state index in [0.29, 0.717) is 10.0 Å². The average molecular weight is 493 g/mol. The maximum absolute atomic E-state index is 12.8. The van der Waals surface area contributed by atoms with Gasteiger partial charge in [0.15, 0.2) is 0 Å². The minimum atomic E-state index is -4.34. The van der Waals surface area contributed by atoms with E-state index in [4.69, 9.17) is 0 Å². The quantitative estimate of drug-likeness (QED) is 0.393. The highest BCUT2D eigenvalue weighted by atomic mass is 79.9. The summed E-state index contributed by atoms with van der Waals surface area (Å²) in [6.45, 7) is 1.96. The SMILES string of the molecule is Cc1cc(Br)c(C(Br)c2cc(C(F)(F)F)ccc2Br)s1. The highest BCUT2D eigenvalue weighted by Gasteiger charge is 2.32. The minimum Gasteiger partial charge on any atom is -0.166 e. The summed E-state index contributed by atoms with van der Waals surface area (Å²) < 4.78 is 40.0. The second-order valence-electron chi connectivity index (χ2n) is 4.17. The molecule has 0 bridgehead atoms. The molecule has 7 heteroatoms. The fraction of sp³-hybridized carbons (Fsp3) is 0.231. The molecular formula is C13H8Br3F3S. The first-order valence-corrected chi connectivity index (χ1v) is 8.78. The summed E-state index contributed by atoms with van der Waals surface area (Å²) in [6, 6.07) is 5.63. The molecule has 1 unspecified atom stereocenters. The van der Waals surface area contributed by atoms with Gasteiger partial charge in [-0.2, -0.15) is 13.2 Å². The Morgan fingerprint density at radius 3 is 2.25 bits per heavy atom. The van der Waals surface area contributed by atoms with Crippen LogP contribution < -0.4 is 0 Å². The van der Waals surface area contributed by atoms with Crippen LogP contribution in [-0.4, -0.2) is 0 Å². The van der Waals surface area contributed by atoms with Gasteiger partial charge < -0.3 is 0 Å². The number of thiophene rings is 1. The second-order valence-corrected chi connectivity index (χ2v) is 8.08. The van der Waals surface area contributed by atoms with Crippen molar-refractivity contribution in [3.05, 3.63) is 54.1 Å². The standard InChI is InChI=1S/C13H8Br3F3S/c1-6-4-10(15)12(20-6)11(16)8-5-7(13(17,18)19)2-3-9(8)14/h2-5,11H,1H3. The van der Waals surface area contributed by atoms with Crippen molar-refractivity contribution in [2.24, 2.45) is 0 Å². The van der Waals surface area contributed by atoms with Crippen molar-refractivity contribution in [2.45, 2.75) is 17.9 Å². The number of hydrogen-bond acceptors (Lipinski definition) is 1. The van der Waals surface area contributed by atoms with Crippen LogP contribution in [-0.2, 0) is 6.18 Å². The zero-order valence-corrected chi connectivity index (χ0v) is 15.6. The van der Waals surface area contributed by atoms with E-state index in [1.165, 1.54) is 12.1 Å². The van der Waals surface area contributed by atoms with Gasteiger partial charge in [0.1, 0.15) is 0 Å². The Labute approximate surface area is 143 Å². The molecule has 1 heterocycles. The van der Waals surface area contributed by atoms with Gasteiger partial charge in [0.05, 0.1) is 10.4 Å². The summed E-state index contributed by atoms with van der Waals surface area (Å²) in [5.74, 6) is 0. The lowest BCUT2D eigenvalue weighted by Gasteiger charge is -2.15. The molecule has 0 saturated heterocycles. The van der Waals surface area contributed by atoms with Crippen molar-refractivity contribution < 1.29 is 13.2 Å². The van der Waals surface area contributed by atoms with Gasteiger partial charge >= 0.3 is 6.18 Å².